The van der Waals surface area contributed by atoms with Crippen molar-refractivity contribution in [1.82, 2.24) is 9.97 Å². The van der Waals surface area contributed by atoms with Crippen molar-refractivity contribution < 1.29 is 9.84 Å². The molecule has 1 aromatic carbocycles. The lowest BCUT2D eigenvalue weighted by molar-refractivity contribution is 0.380. The highest BCUT2D eigenvalue weighted by molar-refractivity contribution is 5.67. The van der Waals surface area contributed by atoms with Gasteiger partial charge < -0.3 is 15.2 Å². The summed E-state index contributed by atoms with van der Waals surface area (Å²) in [7, 11) is 1.50. The van der Waals surface area contributed by atoms with Gasteiger partial charge in [-0.25, -0.2) is 4.98 Å². The van der Waals surface area contributed by atoms with Crippen LogP contribution in [0.5, 0.6) is 11.8 Å². The van der Waals surface area contributed by atoms with Gasteiger partial charge in [0.2, 0.25) is 0 Å². The molecule has 0 unspecified atom stereocenters. The van der Waals surface area contributed by atoms with Gasteiger partial charge in [-0.1, -0.05) is 12.1 Å². The molecule has 88 valence electrons. The zero-order valence-corrected chi connectivity index (χ0v) is 9.64. The Labute approximate surface area is 99.1 Å². The molecule has 0 fully saturated rings. The number of benzene rings is 1. The van der Waals surface area contributed by atoms with Crippen LogP contribution in [0.4, 0.5) is 11.5 Å². The predicted octanol–water partition coefficient (Wildman–Crippen LogP) is 2.24. The lowest BCUT2D eigenvalue weighted by atomic mass is 10.2. The van der Waals surface area contributed by atoms with Crippen LogP contribution in [0.3, 0.4) is 0 Å². The number of aryl methyl sites for hydroxylation is 1. The summed E-state index contributed by atoms with van der Waals surface area (Å²) in [6.07, 6.45) is 1.59. The summed E-state index contributed by atoms with van der Waals surface area (Å²) in [6, 6.07) is 7.29. The van der Waals surface area contributed by atoms with Crippen molar-refractivity contribution in [3.8, 4) is 11.8 Å². The molecule has 2 rings (SSSR count). The van der Waals surface area contributed by atoms with Crippen molar-refractivity contribution in [1.29, 1.82) is 0 Å². The third kappa shape index (κ3) is 2.44. The number of phenols is 1. The van der Waals surface area contributed by atoms with Crippen molar-refractivity contribution in [2.45, 2.75) is 6.92 Å². The number of aromatic hydroxyl groups is 1. The second kappa shape index (κ2) is 4.69. The molecule has 2 aromatic rings. The number of ether oxygens (including phenoxy) is 1. The highest BCUT2D eigenvalue weighted by atomic mass is 16.5. The zero-order chi connectivity index (χ0) is 12.3. The first kappa shape index (κ1) is 11.2. The SMILES string of the molecule is COc1nccc(Nc2c(C)cccc2O)n1. The molecular weight excluding hydrogens is 218 g/mol. The van der Waals surface area contributed by atoms with Gasteiger partial charge in [0.1, 0.15) is 11.6 Å². The molecule has 2 N–H and O–H groups in total. The quantitative estimate of drug-likeness (QED) is 0.793. The van der Waals surface area contributed by atoms with E-state index in [1.807, 2.05) is 13.0 Å². The van der Waals surface area contributed by atoms with E-state index in [0.717, 1.165) is 5.56 Å². The molecule has 0 bridgehead atoms. The number of nitrogens with one attached hydrogen (secondary N) is 1. The van der Waals surface area contributed by atoms with E-state index in [1.165, 1.54) is 7.11 Å². The van der Waals surface area contributed by atoms with Crippen LogP contribution < -0.4 is 10.1 Å². The van der Waals surface area contributed by atoms with Crippen molar-refractivity contribution in [2.75, 3.05) is 12.4 Å². The molecule has 0 spiro atoms. The summed E-state index contributed by atoms with van der Waals surface area (Å²) in [5.41, 5.74) is 1.57. The van der Waals surface area contributed by atoms with Gasteiger partial charge in [0.15, 0.2) is 0 Å². The smallest absolute Gasteiger partial charge is 0.318 e. The monoisotopic (exact) mass is 231 g/mol. The van der Waals surface area contributed by atoms with Gasteiger partial charge in [0.05, 0.1) is 12.8 Å². The van der Waals surface area contributed by atoms with E-state index < -0.39 is 0 Å². The summed E-state index contributed by atoms with van der Waals surface area (Å²) in [5, 5.41) is 12.8. The van der Waals surface area contributed by atoms with Crippen LogP contribution in [-0.4, -0.2) is 22.2 Å². The Hall–Kier alpha value is -2.30. The third-order valence-corrected chi connectivity index (χ3v) is 2.32. The van der Waals surface area contributed by atoms with E-state index >= 15 is 0 Å². The van der Waals surface area contributed by atoms with E-state index in [-0.39, 0.29) is 11.8 Å². The lowest BCUT2D eigenvalue weighted by Crippen LogP contribution is -1.98. The van der Waals surface area contributed by atoms with Crippen LogP contribution >= 0.6 is 0 Å². The topological polar surface area (TPSA) is 67.3 Å². The third-order valence-electron chi connectivity index (χ3n) is 2.32. The average Bonchev–Trinajstić information content (AvgIpc) is 2.34. The normalized spacial score (nSPS) is 10.0. The summed E-state index contributed by atoms with van der Waals surface area (Å²) >= 11 is 0. The standard InChI is InChI=1S/C12H13N3O2/c1-8-4-3-5-9(16)11(8)14-10-6-7-13-12(15-10)17-2/h3-7,16H,1-2H3,(H,13,14,15). The van der Waals surface area contributed by atoms with Crippen molar-refractivity contribution in [3.05, 3.63) is 36.0 Å². The van der Waals surface area contributed by atoms with Crippen LogP contribution in [0.2, 0.25) is 0 Å². The number of aromatic nitrogens is 2. The van der Waals surface area contributed by atoms with E-state index in [0.29, 0.717) is 11.5 Å². The van der Waals surface area contributed by atoms with Gasteiger partial charge >= 0.3 is 6.01 Å². The van der Waals surface area contributed by atoms with Crippen LogP contribution in [-0.2, 0) is 0 Å². The Morgan fingerprint density at radius 1 is 1.29 bits per heavy atom. The lowest BCUT2D eigenvalue weighted by Gasteiger charge is -2.10. The van der Waals surface area contributed by atoms with Crippen LogP contribution in [0, 0.1) is 6.92 Å². The highest BCUT2D eigenvalue weighted by Gasteiger charge is 2.06. The second-order valence-corrected chi connectivity index (χ2v) is 3.52. The first-order valence-corrected chi connectivity index (χ1v) is 5.13. The summed E-state index contributed by atoms with van der Waals surface area (Å²) in [5.74, 6) is 0.754. The number of phenolic OH excluding ortho intramolecular Hbond substituents is 1. The second-order valence-electron chi connectivity index (χ2n) is 3.52. The Morgan fingerprint density at radius 3 is 2.82 bits per heavy atom. The minimum Gasteiger partial charge on any atom is -0.506 e. The molecule has 17 heavy (non-hydrogen) atoms. The van der Waals surface area contributed by atoms with Crippen LogP contribution in [0.15, 0.2) is 30.5 Å². The Balaban J connectivity index is 2.31. The largest absolute Gasteiger partial charge is 0.506 e. The summed E-state index contributed by atoms with van der Waals surface area (Å²) < 4.78 is 4.93. The van der Waals surface area contributed by atoms with Crippen LogP contribution in [0.25, 0.3) is 0 Å². The number of anilines is 2. The number of rotatable bonds is 3. The molecule has 0 amide bonds. The zero-order valence-electron chi connectivity index (χ0n) is 9.64. The fourth-order valence-electron chi connectivity index (χ4n) is 1.45. The molecule has 0 radical (unpaired) electrons. The molecule has 0 aliphatic carbocycles. The van der Waals surface area contributed by atoms with Crippen molar-refractivity contribution in [3.63, 3.8) is 0 Å². The van der Waals surface area contributed by atoms with Gasteiger partial charge in [-0.2, -0.15) is 4.98 Å². The highest BCUT2D eigenvalue weighted by Crippen LogP contribution is 2.29. The van der Waals surface area contributed by atoms with Gasteiger partial charge in [-0.3, -0.25) is 0 Å². The minimum absolute atomic E-state index is 0.183. The molecule has 5 nitrogen and oxygen atoms in total. The maximum absolute atomic E-state index is 9.74. The number of hydrogen-bond donors (Lipinski definition) is 2. The van der Waals surface area contributed by atoms with E-state index in [2.05, 4.69) is 15.3 Å². The maximum Gasteiger partial charge on any atom is 0.318 e. The van der Waals surface area contributed by atoms with E-state index in [9.17, 15) is 5.11 Å². The average molecular weight is 231 g/mol. The first-order chi connectivity index (χ1) is 8.20. The maximum atomic E-state index is 9.74. The fraction of sp³-hybridized carbons (Fsp3) is 0.167. The van der Waals surface area contributed by atoms with Crippen LogP contribution in [0.1, 0.15) is 5.56 Å². The molecule has 1 aromatic heterocycles. The molecule has 1 heterocycles. The predicted molar refractivity (Wildman–Crippen MR) is 64.7 cm³/mol. The molecule has 0 atom stereocenters. The number of nitrogens with zero attached hydrogens (tertiary/aromatic N) is 2. The van der Waals surface area contributed by atoms with E-state index in [1.54, 1.807) is 24.4 Å². The molecular formula is C12H13N3O2. The van der Waals surface area contributed by atoms with E-state index in [4.69, 9.17) is 4.74 Å². The Kier molecular flexibility index (Phi) is 3.09. The van der Waals surface area contributed by atoms with Gasteiger partial charge in [-0.15, -0.1) is 0 Å². The summed E-state index contributed by atoms with van der Waals surface area (Å²) in [6.45, 7) is 1.90. The molecule has 0 saturated heterocycles. The molecule has 0 aliphatic heterocycles. The number of para-hydroxylation sites is 1. The number of hydrogen-bond acceptors (Lipinski definition) is 5. The molecule has 0 aliphatic rings. The van der Waals surface area contributed by atoms with Gasteiger partial charge in [-0.05, 0) is 24.6 Å². The Bertz CT molecular complexity index is 509. The fourth-order valence-corrected chi connectivity index (χ4v) is 1.45. The van der Waals surface area contributed by atoms with Crippen molar-refractivity contribution >= 4 is 11.5 Å². The summed E-state index contributed by atoms with van der Waals surface area (Å²) in [4.78, 5) is 8.02. The molecule has 0 saturated carbocycles. The van der Waals surface area contributed by atoms with Gasteiger partial charge in [0, 0.05) is 6.20 Å². The molecule has 5 heteroatoms. The minimum atomic E-state index is 0.183. The van der Waals surface area contributed by atoms with Crippen molar-refractivity contribution in [2.24, 2.45) is 0 Å². The first-order valence-electron chi connectivity index (χ1n) is 5.13. The van der Waals surface area contributed by atoms with Gasteiger partial charge in [0.25, 0.3) is 0 Å². The Morgan fingerprint density at radius 2 is 2.12 bits per heavy atom. The number of methoxy groups -OCH3 is 1.